The zero-order valence-electron chi connectivity index (χ0n) is 13.1. The van der Waals surface area contributed by atoms with Crippen LogP contribution in [-0.2, 0) is 0 Å². The molecule has 2 fully saturated rings. The lowest BCUT2D eigenvalue weighted by Gasteiger charge is -2.54. The fourth-order valence-corrected chi connectivity index (χ4v) is 3.74. The van der Waals surface area contributed by atoms with Crippen molar-refractivity contribution in [2.24, 2.45) is 5.92 Å². The molecule has 1 heterocycles. The molecule has 0 amide bonds. The van der Waals surface area contributed by atoms with Crippen molar-refractivity contribution in [1.82, 2.24) is 10.2 Å². The molecule has 0 bridgehead atoms. The van der Waals surface area contributed by atoms with Crippen molar-refractivity contribution in [2.75, 3.05) is 13.1 Å². The summed E-state index contributed by atoms with van der Waals surface area (Å²) in [6, 6.07) is 0.729. The van der Waals surface area contributed by atoms with Gasteiger partial charge in [-0.05, 0) is 51.9 Å². The zero-order chi connectivity index (χ0) is 13.4. The SMILES string of the molecule is CCC1CNC(CC)(CC)CN1C(C)(C)C1CC1. The van der Waals surface area contributed by atoms with Gasteiger partial charge in [0.25, 0.3) is 0 Å². The second kappa shape index (κ2) is 5.13. The van der Waals surface area contributed by atoms with Gasteiger partial charge in [-0.25, -0.2) is 0 Å². The van der Waals surface area contributed by atoms with Gasteiger partial charge in [0.05, 0.1) is 0 Å². The van der Waals surface area contributed by atoms with Crippen LogP contribution < -0.4 is 5.32 Å². The van der Waals surface area contributed by atoms with E-state index in [1.165, 1.54) is 45.2 Å². The van der Waals surface area contributed by atoms with Gasteiger partial charge in [0.1, 0.15) is 0 Å². The lowest BCUT2D eigenvalue weighted by Crippen LogP contribution is -2.68. The van der Waals surface area contributed by atoms with E-state index >= 15 is 0 Å². The standard InChI is InChI=1S/C16H32N2/c1-6-14-11-17-16(7-2,8-3)12-18(14)15(4,5)13-9-10-13/h13-14,17H,6-12H2,1-5H3. The number of hydrogen-bond donors (Lipinski definition) is 1. The van der Waals surface area contributed by atoms with Crippen LogP contribution in [0.5, 0.6) is 0 Å². The summed E-state index contributed by atoms with van der Waals surface area (Å²) < 4.78 is 0. The Morgan fingerprint density at radius 2 is 1.78 bits per heavy atom. The van der Waals surface area contributed by atoms with E-state index in [2.05, 4.69) is 44.8 Å². The van der Waals surface area contributed by atoms with E-state index in [4.69, 9.17) is 0 Å². The van der Waals surface area contributed by atoms with Crippen LogP contribution in [0.3, 0.4) is 0 Å². The van der Waals surface area contributed by atoms with Crippen LogP contribution in [0.1, 0.15) is 66.7 Å². The van der Waals surface area contributed by atoms with Crippen molar-refractivity contribution < 1.29 is 0 Å². The van der Waals surface area contributed by atoms with Crippen LogP contribution in [0.25, 0.3) is 0 Å². The molecule has 1 N–H and O–H groups in total. The number of nitrogens with one attached hydrogen (secondary N) is 1. The van der Waals surface area contributed by atoms with E-state index in [1.54, 1.807) is 0 Å². The molecule has 0 radical (unpaired) electrons. The summed E-state index contributed by atoms with van der Waals surface area (Å²) in [6.45, 7) is 14.4. The van der Waals surface area contributed by atoms with Crippen LogP contribution >= 0.6 is 0 Å². The molecule has 2 nitrogen and oxygen atoms in total. The highest BCUT2D eigenvalue weighted by Crippen LogP contribution is 2.45. The summed E-state index contributed by atoms with van der Waals surface area (Å²) in [5, 5.41) is 3.85. The Morgan fingerprint density at radius 3 is 2.22 bits per heavy atom. The normalized spacial score (nSPS) is 29.5. The molecule has 18 heavy (non-hydrogen) atoms. The number of nitrogens with zero attached hydrogens (tertiary/aromatic N) is 1. The molecule has 2 heteroatoms. The Bertz CT molecular complexity index is 277. The van der Waals surface area contributed by atoms with Crippen molar-refractivity contribution in [3.8, 4) is 0 Å². The number of hydrogen-bond acceptors (Lipinski definition) is 2. The summed E-state index contributed by atoms with van der Waals surface area (Å²) in [6.07, 6.45) is 6.65. The predicted octanol–water partition coefficient (Wildman–Crippen LogP) is 3.42. The van der Waals surface area contributed by atoms with Gasteiger partial charge in [0.2, 0.25) is 0 Å². The molecule has 1 saturated heterocycles. The third-order valence-corrected chi connectivity index (χ3v) is 5.77. The van der Waals surface area contributed by atoms with E-state index in [0.717, 1.165) is 12.0 Å². The maximum absolute atomic E-state index is 3.85. The minimum absolute atomic E-state index is 0.359. The monoisotopic (exact) mass is 252 g/mol. The topological polar surface area (TPSA) is 15.3 Å². The average Bonchev–Trinajstić information content (AvgIpc) is 3.22. The minimum atomic E-state index is 0.359. The number of rotatable bonds is 5. The minimum Gasteiger partial charge on any atom is -0.308 e. The van der Waals surface area contributed by atoms with E-state index < -0.39 is 0 Å². The van der Waals surface area contributed by atoms with Gasteiger partial charge in [-0.2, -0.15) is 0 Å². The lowest BCUT2D eigenvalue weighted by atomic mass is 9.83. The first-order valence-corrected chi connectivity index (χ1v) is 8.01. The summed E-state index contributed by atoms with van der Waals surface area (Å²) in [7, 11) is 0. The fraction of sp³-hybridized carbons (Fsp3) is 1.00. The van der Waals surface area contributed by atoms with Crippen molar-refractivity contribution in [3.63, 3.8) is 0 Å². The molecular formula is C16H32N2. The summed E-state index contributed by atoms with van der Waals surface area (Å²) in [5.74, 6) is 0.941. The quantitative estimate of drug-likeness (QED) is 0.806. The molecule has 2 rings (SSSR count). The van der Waals surface area contributed by atoms with E-state index in [9.17, 15) is 0 Å². The van der Waals surface area contributed by atoms with Crippen molar-refractivity contribution in [3.05, 3.63) is 0 Å². The lowest BCUT2D eigenvalue weighted by molar-refractivity contribution is -0.0154. The summed E-state index contributed by atoms with van der Waals surface area (Å²) >= 11 is 0. The molecule has 1 saturated carbocycles. The van der Waals surface area contributed by atoms with Gasteiger partial charge in [-0.1, -0.05) is 20.8 Å². The molecule has 1 unspecified atom stereocenters. The maximum atomic E-state index is 3.85. The first-order valence-electron chi connectivity index (χ1n) is 8.01. The largest absolute Gasteiger partial charge is 0.308 e. The molecule has 0 aromatic rings. The van der Waals surface area contributed by atoms with Gasteiger partial charge in [0.15, 0.2) is 0 Å². The van der Waals surface area contributed by atoms with Gasteiger partial charge < -0.3 is 5.32 Å². The van der Waals surface area contributed by atoms with E-state index in [-0.39, 0.29) is 0 Å². The molecule has 0 aromatic carbocycles. The molecule has 106 valence electrons. The smallest absolute Gasteiger partial charge is 0.0304 e. The van der Waals surface area contributed by atoms with Crippen LogP contribution in [0.4, 0.5) is 0 Å². The van der Waals surface area contributed by atoms with Gasteiger partial charge in [-0.15, -0.1) is 0 Å². The van der Waals surface area contributed by atoms with E-state index in [0.29, 0.717) is 11.1 Å². The Kier molecular flexibility index (Phi) is 4.08. The fourth-order valence-electron chi connectivity index (χ4n) is 3.74. The van der Waals surface area contributed by atoms with E-state index in [1.807, 2.05) is 0 Å². The van der Waals surface area contributed by atoms with Crippen LogP contribution in [0, 0.1) is 5.92 Å². The molecule has 1 aliphatic heterocycles. The highest BCUT2D eigenvalue weighted by molar-refractivity contribution is 5.05. The Morgan fingerprint density at radius 1 is 1.17 bits per heavy atom. The second-order valence-electron chi connectivity index (χ2n) is 6.99. The molecule has 1 atom stereocenters. The van der Waals surface area contributed by atoms with Gasteiger partial charge >= 0.3 is 0 Å². The zero-order valence-corrected chi connectivity index (χ0v) is 13.1. The number of piperazine rings is 1. The Balaban J connectivity index is 2.17. The summed E-state index contributed by atoms with van der Waals surface area (Å²) in [4.78, 5) is 2.84. The Labute approximate surface area is 114 Å². The predicted molar refractivity (Wildman–Crippen MR) is 78.9 cm³/mol. The highest BCUT2D eigenvalue weighted by Gasteiger charge is 2.48. The third kappa shape index (κ3) is 2.46. The molecule has 1 aliphatic carbocycles. The van der Waals surface area contributed by atoms with Gasteiger partial charge in [-0.3, -0.25) is 4.90 Å². The first-order chi connectivity index (χ1) is 8.49. The van der Waals surface area contributed by atoms with Crippen LogP contribution in [0.15, 0.2) is 0 Å². The maximum Gasteiger partial charge on any atom is 0.0304 e. The molecule has 0 aromatic heterocycles. The van der Waals surface area contributed by atoms with Gasteiger partial charge in [0, 0.05) is 30.2 Å². The molecular weight excluding hydrogens is 220 g/mol. The molecule has 0 spiro atoms. The first kappa shape index (κ1) is 14.3. The third-order valence-electron chi connectivity index (χ3n) is 5.77. The van der Waals surface area contributed by atoms with Crippen LogP contribution in [0.2, 0.25) is 0 Å². The van der Waals surface area contributed by atoms with Crippen molar-refractivity contribution >= 4 is 0 Å². The van der Waals surface area contributed by atoms with Crippen LogP contribution in [-0.4, -0.2) is 35.1 Å². The summed E-state index contributed by atoms with van der Waals surface area (Å²) in [5.41, 5.74) is 0.760. The van der Waals surface area contributed by atoms with Crippen molar-refractivity contribution in [1.29, 1.82) is 0 Å². The van der Waals surface area contributed by atoms with Crippen molar-refractivity contribution in [2.45, 2.75) is 83.8 Å². The second-order valence-corrected chi connectivity index (χ2v) is 6.99. The molecule has 2 aliphatic rings. The average molecular weight is 252 g/mol. The Hall–Kier alpha value is -0.0800. The highest BCUT2D eigenvalue weighted by atomic mass is 15.3.